The van der Waals surface area contributed by atoms with Crippen molar-refractivity contribution in [1.29, 1.82) is 0 Å². The number of rotatable bonds is 4. The fourth-order valence-electron chi connectivity index (χ4n) is 2.19. The van der Waals surface area contributed by atoms with E-state index in [0.717, 1.165) is 24.4 Å². The van der Waals surface area contributed by atoms with Crippen molar-refractivity contribution in [1.82, 2.24) is 4.90 Å². The molecule has 14 heavy (non-hydrogen) atoms. The van der Waals surface area contributed by atoms with E-state index >= 15 is 0 Å². The van der Waals surface area contributed by atoms with Gasteiger partial charge in [-0.1, -0.05) is 13.8 Å². The first-order valence-electron chi connectivity index (χ1n) is 6.07. The van der Waals surface area contributed by atoms with Gasteiger partial charge in [0.25, 0.3) is 0 Å². The zero-order chi connectivity index (χ0) is 10.6. The molecule has 0 aromatic carbocycles. The summed E-state index contributed by atoms with van der Waals surface area (Å²) in [5.41, 5.74) is 5.74. The highest BCUT2D eigenvalue weighted by Crippen LogP contribution is 2.21. The van der Waals surface area contributed by atoms with Gasteiger partial charge in [-0.15, -0.1) is 0 Å². The van der Waals surface area contributed by atoms with E-state index < -0.39 is 0 Å². The van der Waals surface area contributed by atoms with E-state index in [9.17, 15) is 0 Å². The number of nitrogens with two attached hydrogens (primary N) is 1. The van der Waals surface area contributed by atoms with E-state index in [1.165, 1.54) is 32.4 Å². The molecule has 2 unspecified atom stereocenters. The highest BCUT2D eigenvalue weighted by molar-refractivity contribution is 4.79. The minimum Gasteiger partial charge on any atom is -0.330 e. The molecular formula is C12H26N2. The van der Waals surface area contributed by atoms with Crippen molar-refractivity contribution in [3.8, 4) is 0 Å². The molecule has 1 saturated heterocycles. The lowest BCUT2D eigenvalue weighted by Crippen LogP contribution is -2.44. The second-order valence-corrected chi connectivity index (χ2v) is 5.21. The molecule has 2 heteroatoms. The lowest BCUT2D eigenvalue weighted by molar-refractivity contribution is 0.115. The highest BCUT2D eigenvalue weighted by atomic mass is 15.2. The number of likely N-dealkylation sites (tertiary alicyclic amines) is 1. The summed E-state index contributed by atoms with van der Waals surface area (Å²) in [6.45, 7) is 10.3. The molecule has 2 N–H and O–H groups in total. The van der Waals surface area contributed by atoms with Crippen LogP contribution in [0.25, 0.3) is 0 Å². The molecule has 1 rings (SSSR count). The van der Waals surface area contributed by atoms with E-state index in [4.69, 9.17) is 5.73 Å². The Morgan fingerprint density at radius 2 is 2.07 bits per heavy atom. The molecular weight excluding hydrogens is 172 g/mol. The van der Waals surface area contributed by atoms with Crippen molar-refractivity contribution in [2.24, 2.45) is 17.6 Å². The first-order valence-corrected chi connectivity index (χ1v) is 6.07. The molecule has 2 nitrogen and oxygen atoms in total. The van der Waals surface area contributed by atoms with Gasteiger partial charge in [0.2, 0.25) is 0 Å². The van der Waals surface area contributed by atoms with Crippen molar-refractivity contribution in [3.63, 3.8) is 0 Å². The molecule has 1 aliphatic heterocycles. The van der Waals surface area contributed by atoms with Crippen LogP contribution in [0.1, 0.15) is 40.0 Å². The summed E-state index contributed by atoms with van der Waals surface area (Å²) in [5.74, 6) is 1.57. The van der Waals surface area contributed by atoms with Crippen LogP contribution < -0.4 is 5.73 Å². The van der Waals surface area contributed by atoms with Gasteiger partial charge in [-0.25, -0.2) is 0 Å². The van der Waals surface area contributed by atoms with Crippen LogP contribution in [0.4, 0.5) is 0 Å². The summed E-state index contributed by atoms with van der Waals surface area (Å²) in [5, 5.41) is 0. The molecule has 1 fully saturated rings. The predicted octanol–water partition coefficient (Wildman–Crippen LogP) is 2.09. The van der Waals surface area contributed by atoms with Gasteiger partial charge in [0.1, 0.15) is 0 Å². The monoisotopic (exact) mass is 198 g/mol. The maximum Gasteiger partial charge on any atom is 0.00671 e. The van der Waals surface area contributed by atoms with Crippen LogP contribution in [-0.4, -0.2) is 30.6 Å². The Morgan fingerprint density at radius 3 is 2.64 bits per heavy atom. The van der Waals surface area contributed by atoms with Crippen molar-refractivity contribution in [2.75, 3.05) is 19.6 Å². The molecule has 0 radical (unpaired) electrons. The van der Waals surface area contributed by atoms with Gasteiger partial charge < -0.3 is 10.6 Å². The van der Waals surface area contributed by atoms with Crippen LogP contribution in [0.3, 0.4) is 0 Å². The van der Waals surface area contributed by atoms with Crippen LogP contribution in [-0.2, 0) is 0 Å². The van der Waals surface area contributed by atoms with Crippen LogP contribution >= 0.6 is 0 Å². The molecule has 0 amide bonds. The van der Waals surface area contributed by atoms with Crippen molar-refractivity contribution >= 4 is 0 Å². The average Bonchev–Trinajstić information content (AvgIpc) is 2.16. The Morgan fingerprint density at radius 1 is 1.36 bits per heavy atom. The summed E-state index contributed by atoms with van der Waals surface area (Å²) < 4.78 is 0. The van der Waals surface area contributed by atoms with Gasteiger partial charge in [-0.3, -0.25) is 0 Å². The summed E-state index contributed by atoms with van der Waals surface area (Å²) in [6, 6.07) is 0.775. The minimum atomic E-state index is 0.748. The summed E-state index contributed by atoms with van der Waals surface area (Å²) in [4.78, 5) is 2.63. The average molecular weight is 198 g/mol. The molecule has 0 saturated carbocycles. The molecule has 0 aromatic heterocycles. The summed E-state index contributed by atoms with van der Waals surface area (Å²) >= 11 is 0. The van der Waals surface area contributed by atoms with Gasteiger partial charge in [0.15, 0.2) is 0 Å². The lowest BCUT2D eigenvalue weighted by Gasteiger charge is -2.38. The van der Waals surface area contributed by atoms with E-state index in [2.05, 4.69) is 25.7 Å². The quantitative estimate of drug-likeness (QED) is 0.749. The Hall–Kier alpha value is -0.0800. The second-order valence-electron chi connectivity index (χ2n) is 5.21. The van der Waals surface area contributed by atoms with Crippen molar-refractivity contribution in [2.45, 2.75) is 46.1 Å². The normalized spacial score (nSPS) is 29.8. The van der Waals surface area contributed by atoms with Gasteiger partial charge in [0.05, 0.1) is 0 Å². The number of hydrogen-bond acceptors (Lipinski definition) is 2. The topological polar surface area (TPSA) is 29.3 Å². The first-order chi connectivity index (χ1) is 6.63. The predicted molar refractivity (Wildman–Crippen MR) is 62.3 cm³/mol. The van der Waals surface area contributed by atoms with Gasteiger partial charge in [-0.2, -0.15) is 0 Å². The van der Waals surface area contributed by atoms with E-state index in [1.54, 1.807) is 0 Å². The smallest absolute Gasteiger partial charge is 0.00671 e. The third-order valence-corrected chi connectivity index (χ3v) is 3.44. The van der Waals surface area contributed by atoms with Crippen LogP contribution in [0.2, 0.25) is 0 Å². The van der Waals surface area contributed by atoms with E-state index in [-0.39, 0.29) is 0 Å². The second kappa shape index (κ2) is 5.72. The van der Waals surface area contributed by atoms with E-state index in [1.807, 2.05) is 0 Å². The number of piperidine rings is 1. The number of hydrogen-bond donors (Lipinski definition) is 1. The van der Waals surface area contributed by atoms with Crippen LogP contribution in [0.15, 0.2) is 0 Å². The Labute approximate surface area is 88.8 Å². The zero-order valence-electron chi connectivity index (χ0n) is 10.00. The molecule has 0 aliphatic carbocycles. The largest absolute Gasteiger partial charge is 0.330 e. The highest BCUT2D eigenvalue weighted by Gasteiger charge is 2.23. The first kappa shape index (κ1) is 12.0. The van der Waals surface area contributed by atoms with Gasteiger partial charge in [0, 0.05) is 12.6 Å². The molecule has 2 atom stereocenters. The molecule has 0 aromatic rings. The molecule has 1 aliphatic rings. The molecule has 1 heterocycles. The maximum absolute atomic E-state index is 5.74. The Balaban J connectivity index is 2.32. The molecule has 84 valence electrons. The molecule has 0 spiro atoms. The number of nitrogens with zero attached hydrogens (tertiary/aromatic N) is 1. The van der Waals surface area contributed by atoms with Crippen LogP contribution in [0, 0.1) is 11.8 Å². The lowest BCUT2D eigenvalue weighted by atomic mass is 9.93. The fourth-order valence-corrected chi connectivity index (χ4v) is 2.19. The maximum atomic E-state index is 5.74. The minimum absolute atomic E-state index is 0.748. The van der Waals surface area contributed by atoms with Gasteiger partial charge >= 0.3 is 0 Å². The van der Waals surface area contributed by atoms with Crippen LogP contribution in [0.5, 0.6) is 0 Å². The van der Waals surface area contributed by atoms with E-state index in [0.29, 0.717) is 0 Å². The van der Waals surface area contributed by atoms with Crippen molar-refractivity contribution < 1.29 is 0 Å². The summed E-state index contributed by atoms with van der Waals surface area (Å²) in [7, 11) is 0. The summed E-state index contributed by atoms with van der Waals surface area (Å²) in [6.07, 6.45) is 3.98. The van der Waals surface area contributed by atoms with Gasteiger partial charge in [-0.05, 0) is 51.1 Å². The Kier molecular flexibility index (Phi) is 4.90. The zero-order valence-corrected chi connectivity index (χ0v) is 10.00. The fraction of sp³-hybridized carbons (Fsp3) is 1.00. The van der Waals surface area contributed by atoms with Crippen molar-refractivity contribution in [3.05, 3.63) is 0 Å². The third kappa shape index (κ3) is 3.58. The SMILES string of the molecule is CC(C)CCN1CC(CN)CCC1C. The third-order valence-electron chi connectivity index (χ3n) is 3.44. The molecule has 0 bridgehead atoms. The standard InChI is InChI=1S/C12H26N2/c1-10(2)6-7-14-9-12(8-13)5-4-11(14)3/h10-12H,4-9,13H2,1-3H3. The Bertz CT molecular complexity index is 156.